The molecular weight excluding hydrogens is 439 g/mol. The summed E-state index contributed by atoms with van der Waals surface area (Å²) in [5.41, 5.74) is 4.64. The lowest BCUT2D eigenvalue weighted by Gasteiger charge is -2.35. The van der Waals surface area contributed by atoms with Gasteiger partial charge in [-0.15, -0.1) is 12.4 Å². The van der Waals surface area contributed by atoms with Gasteiger partial charge in [0.2, 0.25) is 10.0 Å². The van der Waals surface area contributed by atoms with E-state index in [2.05, 4.69) is 23.1 Å². The molecule has 0 saturated carbocycles. The van der Waals surface area contributed by atoms with Crippen LogP contribution in [-0.4, -0.2) is 43.8 Å². The van der Waals surface area contributed by atoms with Gasteiger partial charge in [0, 0.05) is 25.7 Å². The lowest BCUT2D eigenvalue weighted by atomic mass is 9.93. The molecule has 2 aromatic rings. The second-order valence-electron chi connectivity index (χ2n) is 7.96. The summed E-state index contributed by atoms with van der Waals surface area (Å²) in [5.74, 6) is 0. The van der Waals surface area contributed by atoms with Crippen LogP contribution in [0.4, 0.5) is 0 Å². The first kappa shape index (κ1) is 23.6. The summed E-state index contributed by atoms with van der Waals surface area (Å²) in [6, 6.07) is 14.0. The molecule has 164 valence electrons. The first-order valence-corrected chi connectivity index (χ1v) is 12.4. The van der Waals surface area contributed by atoms with E-state index in [-0.39, 0.29) is 22.3 Å². The minimum absolute atomic E-state index is 0. The van der Waals surface area contributed by atoms with Gasteiger partial charge in [-0.05, 0) is 67.5 Å². The minimum atomic E-state index is -3.55. The SMILES string of the molecule is CCN(CCCCN1CCc2cccc3c2C1CC3)S(=O)(=O)c1ccccc1Cl.Cl. The molecule has 0 saturated heterocycles. The zero-order chi connectivity index (χ0) is 20.4. The molecule has 0 N–H and O–H groups in total. The van der Waals surface area contributed by atoms with E-state index in [4.69, 9.17) is 11.6 Å². The van der Waals surface area contributed by atoms with Crippen LogP contribution in [0.2, 0.25) is 5.02 Å². The van der Waals surface area contributed by atoms with Crippen LogP contribution in [0.15, 0.2) is 47.4 Å². The van der Waals surface area contributed by atoms with Crippen molar-refractivity contribution in [3.05, 3.63) is 64.2 Å². The van der Waals surface area contributed by atoms with Crippen molar-refractivity contribution in [2.24, 2.45) is 0 Å². The van der Waals surface area contributed by atoms with E-state index in [1.54, 1.807) is 34.1 Å². The standard InChI is InChI=1S/C23H29ClN2O2S.ClH/c1-2-26(29(27,28)22-11-4-3-10-20(22)24)16-6-5-15-25-17-14-19-9-7-8-18-12-13-21(25)23(18)19;/h3-4,7-11,21H,2,5-6,12-17H2,1H3;1H. The summed E-state index contributed by atoms with van der Waals surface area (Å²) in [7, 11) is -3.55. The lowest BCUT2D eigenvalue weighted by molar-refractivity contribution is 0.181. The Morgan fingerprint density at radius 3 is 2.53 bits per heavy atom. The molecule has 0 bridgehead atoms. The van der Waals surface area contributed by atoms with Gasteiger partial charge >= 0.3 is 0 Å². The van der Waals surface area contributed by atoms with Gasteiger partial charge in [-0.3, -0.25) is 4.90 Å². The highest BCUT2D eigenvalue weighted by Gasteiger charge is 2.33. The monoisotopic (exact) mass is 468 g/mol. The van der Waals surface area contributed by atoms with Crippen molar-refractivity contribution in [1.82, 2.24) is 9.21 Å². The number of aryl methyl sites for hydroxylation is 1. The maximum Gasteiger partial charge on any atom is 0.244 e. The molecule has 1 unspecified atom stereocenters. The van der Waals surface area contributed by atoms with E-state index >= 15 is 0 Å². The van der Waals surface area contributed by atoms with Crippen LogP contribution >= 0.6 is 24.0 Å². The van der Waals surface area contributed by atoms with Crippen molar-refractivity contribution in [2.75, 3.05) is 26.2 Å². The van der Waals surface area contributed by atoms with Crippen molar-refractivity contribution >= 4 is 34.0 Å². The van der Waals surface area contributed by atoms with Gasteiger partial charge in [0.15, 0.2) is 0 Å². The summed E-state index contributed by atoms with van der Waals surface area (Å²) in [5, 5.41) is 0.287. The highest BCUT2D eigenvalue weighted by atomic mass is 35.5. The third kappa shape index (κ3) is 4.56. The Hall–Kier alpha value is -1.11. The van der Waals surface area contributed by atoms with E-state index in [1.165, 1.54) is 24.0 Å². The second kappa shape index (κ2) is 10.0. The molecule has 0 fully saturated rings. The normalized spacial score (nSPS) is 18.3. The average Bonchev–Trinajstić information content (AvgIpc) is 3.15. The van der Waals surface area contributed by atoms with E-state index < -0.39 is 10.0 Å². The predicted molar refractivity (Wildman–Crippen MR) is 125 cm³/mol. The maximum absolute atomic E-state index is 13.0. The van der Waals surface area contributed by atoms with Gasteiger partial charge in [-0.1, -0.05) is 48.9 Å². The molecule has 7 heteroatoms. The molecule has 4 nitrogen and oxygen atoms in total. The molecule has 2 aliphatic rings. The van der Waals surface area contributed by atoms with E-state index in [0.29, 0.717) is 19.1 Å². The average molecular weight is 469 g/mol. The summed E-state index contributed by atoms with van der Waals surface area (Å²) in [6.07, 6.45) is 5.39. The number of hydrogen-bond acceptors (Lipinski definition) is 3. The van der Waals surface area contributed by atoms with Crippen LogP contribution in [0.5, 0.6) is 0 Å². The molecule has 0 spiro atoms. The number of nitrogens with zero attached hydrogens (tertiary/aromatic N) is 2. The molecular formula is C23H30Cl2N2O2S. The number of halogens is 2. The smallest absolute Gasteiger partial charge is 0.244 e. The Balaban J connectivity index is 0.00000256. The van der Waals surface area contributed by atoms with Gasteiger partial charge < -0.3 is 0 Å². The van der Waals surface area contributed by atoms with Crippen molar-refractivity contribution < 1.29 is 8.42 Å². The molecule has 30 heavy (non-hydrogen) atoms. The topological polar surface area (TPSA) is 40.6 Å². The largest absolute Gasteiger partial charge is 0.296 e. The van der Waals surface area contributed by atoms with Crippen molar-refractivity contribution in [2.45, 2.75) is 50.0 Å². The van der Waals surface area contributed by atoms with Crippen LogP contribution in [0.3, 0.4) is 0 Å². The molecule has 2 aromatic carbocycles. The molecule has 0 radical (unpaired) electrons. The Morgan fingerprint density at radius 1 is 1.07 bits per heavy atom. The first-order valence-electron chi connectivity index (χ1n) is 10.6. The second-order valence-corrected chi connectivity index (χ2v) is 10.3. The van der Waals surface area contributed by atoms with Crippen LogP contribution in [0.25, 0.3) is 0 Å². The van der Waals surface area contributed by atoms with Gasteiger partial charge in [0.1, 0.15) is 4.90 Å². The predicted octanol–water partition coefficient (Wildman–Crippen LogP) is 5.10. The lowest BCUT2D eigenvalue weighted by Crippen LogP contribution is -2.36. The Kier molecular flexibility index (Phi) is 7.86. The molecule has 4 rings (SSSR count). The summed E-state index contributed by atoms with van der Waals surface area (Å²) in [4.78, 5) is 2.81. The molecule has 0 aromatic heterocycles. The molecule has 1 heterocycles. The quantitative estimate of drug-likeness (QED) is 0.506. The van der Waals surface area contributed by atoms with Gasteiger partial charge in [-0.2, -0.15) is 4.31 Å². The van der Waals surface area contributed by atoms with Crippen LogP contribution in [0.1, 0.15) is 48.9 Å². The fraction of sp³-hybridized carbons (Fsp3) is 0.478. The fourth-order valence-corrected chi connectivity index (χ4v) is 6.84. The van der Waals surface area contributed by atoms with Gasteiger partial charge in [0.05, 0.1) is 5.02 Å². The van der Waals surface area contributed by atoms with E-state index in [9.17, 15) is 8.42 Å². The number of hydrogen-bond donors (Lipinski definition) is 0. The molecule has 1 atom stereocenters. The van der Waals surface area contributed by atoms with Crippen molar-refractivity contribution in [3.63, 3.8) is 0 Å². The summed E-state index contributed by atoms with van der Waals surface area (Å²) >= 11 is 6.14. The third-order valence-corrected chi connectivity index (χ3v) is 8.80. The fourth-order valence-electron chi connectivity index (χ4n) is 4.86. The van der Waals surface area contributed by atoms with Crippen LogP contribution in [-0.2, 0) is 22.9 Å². The third-order valence-electron chi connectivity index (χ3n) is 6.33. The Morgan fingerprint density at radius 2 is 1.80 bits per heavy atom. The summed E-state index contributed by atoms with van der Waals surface area (Å²) < 4.78 is 27.5. The van der Waals surface area contributed by atoms with E-state index in [0.717, 1.165) is 32.4 Å². The first-order chi connectivity index (χ1) is 14.0. The number of benzene rings is 2. The number of unbranched alkanes of at least 4 members (excludes halogenated alkanes) is 1. The highest BCUT2D eigenvalue weighted by molar-refractivity contribution is 7.89. The molecule has 1 aliphatic heterocycles. The number of rotatable bonds is 8. The Bertz CT molecular complexity index is 981. The minimum Gasteiger partial charge on any atom is -0.296 e. The zero-order valence-corrected chi connectivity index (χ0v) is 19.8. The molecule has 0 amide bonds. The molecule has 1 aliphatic carbocycles. The zero-order valence-electron chi connectivity index (χ0n) is 17.4. The van der Waals surface area contributed by atoms with Gasteiger partial charge in [-0.25, -0.2) is 8.42 Å². The van der Waals surface area contributed by atoms with Crippen molar-refractivity contribution in [1.29, 1.82) is 0 Å². The van der Waals surface area contributed by atoms with Crippen LogP contribution in [0, 0.1) is 0 Å². The Labute approximate surface area is 191 Å². The highest BCUT2D eigenvalue weighted by Crippen LogP contribution is 2.41. The summed E-state index contributed by atoms with van der Waals surface area (Å²) in [6.45, 7) is 5.01. The van der Waals surface area contributed by atoms with Crippen LogP contribution < -0.4 is 0 Å². The maximum atomic E-state index is 13.0. The van der Waals surface area contributed by atoms with Crippen molar-refractivity contribution in [3.8, 4) is 0 Å². The van der Waals surface area contributed by atoms with Gasteiger partial charge in [0.25, 0.3) is 0 Å². The number of sulfonamides is 1. The van der Waals surface area contributed by atoms with E-state index in [1.807, 2.05) is 6.92 Å².